The van der Waals surface area contributed by atoms with Gasteiger partial charge in [0.25, 0.3) is 6.47 Å². The lowest BCUT2D eigenvalue weighted by molar-refractivity contribution is -0.145. The minimum atomic E-state index is -0.408. The molecule has 1 aliphatic rings. The molecule has 272 valence electrons. The first-order valence-electron chi connectivity index (χ1n) is 17.2. The Morgan fingerprint density at radius 2 is 1.52 bits per heavy atom. The van der Waals surface area contributed by atoms with Gasteiger partial charge in [-0.2, -0.15) is 5.10 Å². The normalized spacial score (nSPS) is 15.5. The molecule has 0 bridgehead atoms. The summed E-state index contributed by atoms with van der Waals surface area (Å²) in [4.78, 5) is 52.8. The number of fused-ring (bicyclic) bond motifs is 1. The van der Waals surface area contributed by atoms with E-state index in [1.165, 1.54) is 23.6 Å². The predicted molar refractivity (Wildman–Crippen MR) is 197 cm³/mol. The van der Waals surface area contributed by atoms with E-state index >= 15 is 0 Å². The van der Waals surface area contributed by atoms with Crippen LogP contribution in [-0.4, -0.2) is 55.8 Å². The lowest BCUT2D eigenvalue weighted by Gasteiger charge is -2.26. The van der Waals surface area contributed by atoms with Crippen molar-refractivity contribution >= 4 is 57.3 Å². The van der Waals surface area contributed by atoms with E-state index in [4.69, 9.17) is 23.7 Å². The van der Waals surface area contributed by atoms with E-state index < -0.39 is 17.9 Å². The number of hydrogen-bond acceptors (Lipinski definition) is 13. The molecule has 1 heterocycles. The number of thiazole rings is 1. The maximum absolute atomic E-state index is 13.3. The van der Waals surface area contributed by atoms with Crippen LogP contribution in [0.4, 0.5) is 5.13 Å². The van der Waals surface area contributed by atoms with Crippen LogP contribution < -0.4 is 24.0 Å². The van der Waals surface area contributed by atoms with Crippen molar-refractivity contribution in [3.63, 3.8) is 0 Å². The summed E-state index contributed by atoms with van der Waals surface area (Å²) in [6.07, 6.45) is 8.15. The van der Waals surface area contributed by atoms with Crippen LogP contribution in [-0.2, 0) is 23.9 Å². The quantitative estimate of drug-likeness (QED) is 0.0194. The van der Waals surface area contributed by atoms with E-state index in [0.717, 1.165) is 42.0 Å². The molecule has 0 N–H and O–H groups in total. The van der Waals surface area contributed by atoms with Gasteiger partial charge in [-0.15, -0.1) is 0 Å². The highest BCUT2D eigenvalue weighted by molar-refractivity contribution is 7.22. The maximum atomic E-state index is 13.3. The Morgan fingerprint density at radius 1 is 0.865 bits per heavy atom. The second-order valence-electron chi connectivity index (χ2n) is 12.1. The van der Waals surface area contributed by atoms with Crippen molar-refractivity contribution in [1.29, 1.82) is 0 Å². The predicted octanol–water partition coefficient (Wildman–Crippen LogP) is 7.29. The molecule has 0 unspecified atom stereocenters. The molecule has 5 rings (SSSR count). The van der Waals surface area contributed by atoms with Gasteiger partial charge >= 0.3 is 17.9 Å². The Morgan fingerprint density at radius 3 is 2.21 bits per heavy atom. The summed E-state index contributed by atoms with van der Waals surface area (Å²) >= 11 is 1.49. The number of carbonyl (C=O) groups is 4. The van der Waals surface area contributed by atoms with Gasteiger partial charge < -0.3 is 23.7 Å². The number of anilines is 1. The van der Waals surface area contributed by atoms with Gasteiger partial charge in [0.05, 0.1) is 41.5 Å². The SMILES string of the molecule is C=CC(=O)OCCCCCCOc1ccc(OC(=O)[C@H]2CC[C@@H](C(=O)Oc3ccc(OC=O)cc3/C=N/N(C)c3nc4ccccc4s3)CC2)cc1. The maximum Gasteiger partial charge on any atom is 0.330 e. The molecular formula is C39H41N3O9S. The highest BCUT2D eigenvalue weighted by Crippen LogP contribution is 2.33. The van der Waals surface area contributed by atoms with Gasteiger partial charge in [-0.1, -0.05) is 30.0 Å². The average molecular weight is 728 g/mol. The lowest BCUT2D eigenvalue weighted by atomic mass is 9.82. The standard InChI is InChI=1S/C39H41N3O9S/c1-3-36(44)48-23-9-5-4-8-22-47-30-16-18-31(19-17-30)50-37(45)27-12-14-28(15-13-27)38(46)51-34-21-20-32(49-26-43)24-29(34)25-40-42(2)39-41-33-10-6-7-11-35(33)52-39/h3,6-7,10-11,16-21,24-28H,1,4-5,8-9,12-15,22-23H2,2H3/b40-25+/t27-,28+. The first-order valence-corrected chi connectivity index (χ1v) is 18.0. The smallest absolute Gasteiger partial charge is 0.330 e. The van der Waals surface area contributed by atoms with Crippen LogP contribution in [0.1, 0.15) is 56.9 Å². The topological polar surface area (TPSA) is 143 Å². The van der Waals surface area contributed by atoms with Crippen molar-refractivity contribution in [3.05, 3.63) is 84.9 Å². The highest BCUT2D eigenvalue weighted by atomic mass is 32.1. The number of esters is 3. The number of nitrogens with zero attached hydrogens (tertiary/aromatic N) is 3. The Balaban J connectivity index is 1.07. The van der Waals surface area contributed by atoms with Crippen LogP contribution in [0.25, 0.3) is 10.2 Å². The molecule has 1 aliphatic carbocycles. The Hall–Kier alpha value is -5.56. The third-order valence-corrected chi connectivity index (χ3v) is 9.56. The van der Waals surface area contributed by atoms with Crippen LogP contribution in [0.2, 0.25) is 0 Å². The fourth-order valence-electron chi connectivity index (χ4n) is 5.59. The summed E-state index contributed by atoms with van der Waals surface area (Å²) in [5.41, 5.74) is 1.31. The number of carbonyl (C=O) groups excluding carboxylic acids is 4. The van der Waals surface area contributed by atoms with Crippen molar-refractivity contribution in [3.8, 4) is 23.0 Å². The molecule has 13 heteroatoms. The van der Waals surface area contributed by atoms with Gasteiger partial charge in [0, 0.05) is 18.7 Å². The van der Waals surface area contributed by atoms with Gasteiger partial charge in [-0.3, -0.25) is 14.4 Å². The minimum Gasteiger partial charge on any atom is -0.494 e. The number of unbranched alkanes of at least 4 members (excludes halogenated alkanes) is 3. The van der Waals surface area contributed by atoms with Gasteiger partial charge in [0.15, 0.2) is 0 Å². The zero-order valence-electron chi connectivity index (χ0n) is 28.9. The molecule has 0 amide bonds. The molecule has 0 aliphatic heterocycles. The molecule has 0 radical (unpaired) electrons. The van der Waals surface area contributed by atoms with Crippen LogP contribution in [0.3, 0.4) is 0 Å². The van der Waals surface area contributed by atoms with Crippen LogP contribution >= 0.6 is 11.3 Å². The molecule has 4 aromatic rings. The lowest BCUT2D eigenvalue weighted by Crippen LogP contribution is -2.30. The molecule has 52 heavy (non-hydrogen) atoms. The van der Waals surface area contributed by atoms with Crippen LogP contribution in [0, 0.1) is 11.8 Å². The first-order chi connectivity index (χ1) is 25.3. The van der Waals surface area contributed by atoms with Crippen molar-refractivity contribution in [2.45, 2.75) is 51.4 Å². The molecule has 3 aromatic carbocycles. The van der Waals surface area contributed by atoms with Gasteiger partial charge in [0.2, 0.25) is 5.13 Å². The Labute approximate surface area is 306 Å². The summed E-state index contributed by atoms with van der Waals surface area (Å²) in [6, 6.07) is 19.4. The Kier molecular flexibility index (Phi) is 13.9. The number of benzene rings is 3. The molecule has 0 atom stereocenters. The summed E-state index contributed by atoms with van der Waals surface area (Å²) in [7, 11) is 1.76. The van der Waals surface area contributed by atoms with Gasteiger partial charge in [-0.05, 0) is 106 Å². The van der Waals surface area contributed by atoms with Gasteiger partial charge in [0.1, 0.15) is 23.0 Å². The molecule has 0 spiro atoms. The van der Waals surface area contributed by atoms with Crippen molar-refractivity contribution in [1.82, 2.24) is 4.98 Å². The fourth-order valence-corrected chi connectivity index (χ4v) is 6.47. The van der Waals surface area contributed by atoms with Crippen LogP contribution in [0.15, 0.2) is 84.5 Å². The molecule has 1 fully saturated rings. The molecule has 12 nitrogen and oxygen atoms in total. The average Bonchev–Trinajstić information content (AvgIpc) is 3.61. The molecule has 1 saturated carbocycles. The summed E-state index contributed by atoms with van der Waals surface area (Å²) in [6.45, 7) is 4.63. The highest BCUT2D eigenvalue weighted by Gasteiger charge is 2.32. The van der Waals surface area contributed by atoms with Crippen molar-refractivity contribution < 1.29 is 42.9 Å². The van der Waals surface area contributed by atoms with E-state index in [9.17, 15) is 19.2 Å². The third kappa shape index (κ3) is 11.0. The number of hydrazone groups is 1. The number of rotatable bonds is 18. The summed E-state index contributed by atoms with van der Waals surface area (Å²) < 4.78 is 28.2. The molecular weight excluding hydrogens is 687 g/mol. The minimum absolute atomic E-state index is 0.266. The number of hydrogen-bond donors (Lipinski definition) is 0. The van der Waals surface area contributed by atoms with Gasteiger partial charge in [-0.25, -0.2) is 14.8 Å². The Bertz CT molecular complexity index is 1830. The molecule has 0 saturated heterocycles. The third-order valence-electron chi connectivity index (χ3n) is 8.46. The van der Waals surface area contributed by atoms with E-state index in [1.807, 2.05) is 24.3 Å². The number of para-hydroxylation sites is 1. The van der Waals surface area contributed by atoms with Crippen LogP contribution in [0.5, 0.6) is 23.0 Å². The zero-order chi connectivity index (χ0) is 36.7. The second-order valence-corrected chi connectivity index (χ2v) is 13.2. The first kappa shape index (κ1) is 37.7. The fraction of sp³-hybridized carbons (Fsp3) is 0.333. The zero-order valence-corrected chi connectivity index (χ0v) is 29.8. The summed E-state index contributed by atoms with van der Waals surface area (Å²) in [5, 5.41) is 6.79. The monoisotopic (exact) mass is 727 g/mol. The van der Waals surface area contributed by atoms with Crippen molar-refractivity contribution in [2.75, 3.05) is 25.3 Å². The van der Waals surface area contributed by atoms with E-state index in [1.54, 1.807) is 48.5 Å². The summed E-state index contributed by atoms with van der Waals surface area (Å²) in [5.74, 6) is -0.222. The molecule has 1 aromatic heterocycles. The second kappa shape index (κ2) is 19.2. The number of ether oxygens (including phenoxy) is 5. The largest absolute Gasteiger partial charge is 0.494 e. The van der Waals surface area contributed by atoms with E-state index in [0.29, 0.717) is 67.6 Å². The van der Waals surface area contributed by atoms with E-state index in [2.05, 4.69) is 16.7 Å². The number of aromatic nitrogens is 1. The van der Waals surface area contributed by atoms with Crippen molar-refractivity contribution in [2.24, 2.45) is 16.9 Å². The van der Waals surface area contributed by atoms with E-state index in [-0.39, 0.29) is 23.4 Å².